The number of pyridine rings is 2. The van der Waals surface area contributed by atoms with Crippen LogP contribution < -0.4 is 11.1 Å². The molecule has 0 amide bonds. The van der Waals surface area contributed by atoms with Gasteiger partial charge in [-0.25, -0.2) is 19.0 Å². The minimum Gasteiger partial charge on any atom is -0.315 e. The van der Waals surface area contributed by atoms with Gasteiger partial charge >= 0.3 is 0 Å². The molecule has 0 bridgehead atoms. The topological polar surface area (TPSA) is 104 Å². The molecule has 0 saturated carbocycles. The van der Waals surface area contributed by atoms with Crippen molar-refractivity contribution in [3.05, 3.63) is 103 Å². The number of nitrogens with zero attached hydrogens (tertiary/aromatic N) is 8. The van der Waals surface area contributed by atoms with E-state index in [0.29, 0.717) is 56.7 Å². The van der Waals surface area contributed by atoms with E-state index in [1.54, 1.807) is 55.1 Å². The summed E-state index contributed by atoms with van der Waals surface area (Å²) in [6, 6.07) is 8.92. The number of halogens is 3. The fourth-order valence-corrected chi connectivity index (χ4v) is 5.17. The molecule has 0 radical (unpaired) electrons. The zero-order valence-corrected chi connectivity index (χ0v) is 27.6. The molecule has 6 heterocycles. The summed E-state index contributed by atoms with van der Waals surface area (Å²) < 4.78 is 6.54. The zero-order valence-electron chi connectivity index (χ0n) is 25.4. The van der Waals surface area contributed by atoms with E-state index in [0.717, 1.165) is 24.9 Å². The largest absolute Gasteiger partial charge is 0.315 e. The first kappa shape index (κ1) is 32.4. The van der Waals surface area contributed by atoms with Crippen molar-refractivity contribution in [2.75, 3.05) is 0 Å². The van der Waals surface area contributed by atoms with E-state index in [-0.39, 0.29) is 16.1 Å². The third-order valence-electron chi connectivity index (χ3n) is 7.22. The summed E-state index contributed by atoms with van der Waals surface area (Å²) >= 11 is 18.4. The molecule has 0 aliphatic rings. The molecule has 0 aromatic carbocycles. The molecule has 10 nitrogen and oxygen atoms in total. The van der Waals surface area contributed by atoms with Crippen LogP contribution in [0.4, 0.5) is 0 Å². The van der Waals surface area contributed by atoms with Gasteiger partial charge in [0.05, 0.1) is 23.8 Å². The number of hydrogen-bond donors (Lipinski definition) is 0. The van der Waals surface area contributed by atoms with Gasteiger partial charge in [-0.15, -0.1) is 0 Å². The second-order valence-corrected chi connectivity index (χ2v) is 12.7. The molecule has 6 aromatic rings. The van der Waals surface area contributed by atoms with Gasteiger partial charge in [-0.05, 0) is 48.9 Å². The van der Waals surface area contributed by atoms with Gasteiger partial charge in [-0.2, -0.15) is 10.2 Å². The standard InChI is InChI=1S/C16H16Cl2N4O.C16H17ClN4O/c1-10(2)3-6-21-7-4-11(14(18)16(21)23)13-5-8-22-15(20-13)12(17)9-19-22;1-11(2)3-6-20-7-4-12(9-15(20)22)14-5-8-21-16(19-14)13(17)10-18-21/h4-5,7-10H,3,6H2,1-2H3;4-5,7-11H,3,6H2,1-2H3. The minimum atomic E-state index is -0.203. The number of rotatable bonds is 8. The highest BCUT2D eigenvalue weighted by molar-refractivity contribution is 6.34. The van der Waals surface area contributed by atoms with Crippen molar-refractivity contribution in [1.82, 2.24) is 38.3 Å². The summed E-state index contributed by atoms with van der Waals surface area (Å²) in [4.78, 5) is 33.5. The second-order valence-electron chi connectivity index (χ2n) is 11.5. The van der Waals surface area contributed by atoms with E-state index in [9.17, 15) is 9.59 Å². The molecule has 6 rings (SSSR count). The van der Waals surface area contributed by atoms with Gasteiger partial charge in [-0.3, -0.25) is 9.59 Å². The SMILES string of the molecule is CC(C)CCn1ccc(-c2ccn3ncc(Cl)c3n2)c(Cl)c1=O.CC(C)CCn1ccc(-c2ccn3ncc(Cl)c3n2)cc1=O. The van der Waals surface area contributed by atoms with Gasteiger partial charge in [0.1, 0.15) is 15.1 Å². The quantitative estimate of drug-likeness (QED) is 0.171. The molecule has 0 aliphatic heterocycles. The van der Waals surface area contributed by atoms with Crippen molar-refractivity contribution < 1.29 is 0 Å². The van der Waals surface area contributed by atoms with Crippen LogP contribution in [0.1, 0.15) is 40.5 Å². The monoisotopic (exact) mass is 666 g/mol. The second kappa shape index (κ2) is 14.0. The molecule has 0 spiro atoms. The van der Waals surface area contributed by atoms with Crippen molar-refractivity contribution in [2.45, 2.75) is 53.6 Å². The van der Waals surface area contributed by atoms with Crippen LogP contribution in [0.2, 0.25) is 15.1 Å². The van der Waals surface area contributed by atoms with Crippen LogP contribution >= 0.6 is 34.8 Å². The number of aromatic nitrogens is 8. The molecule has 0 saturated heterocycles. The van der Waals surface area contributed by atoms with E-state index >= 15 is 0 Å². The summed E-state index contributed by atoms with van der Waals surface area (Å²) in [7, 11) is 0. The predicted octanol–water partition coefficient (Wildman–Crippen LogP) is 7.17. The minimum absolute atomic E-state index is 0.0144. The maximum atomic E-state index is 12.4. The Morgan fingerprint density at radius 3 is 1.80 bits per heavy atom. The molecule has 234 valence electrons. The van der Waals surface area contributed by atoms with Crippen LogP contribution in [-0.2, 0) is 13.1 Å². The Morgan fingerprint density at radius 1 is 0.689 bits per heavy atom. The van der Waals surface area contributed by atoms with Crippen molar-refractivity contribution in [3.63, 3.8) is 0 Å². The van der Waals surface area contributed by atoms with E-state index in [1.807, 2.05) is 24.4 Å². The van der Waals surface area contributed by atoms with E-state index in [4.69, 9.17) is 34.8 Å². The fraction of sp³-hybridized carbons (Fsp3) is 0.312. The van der Waals surface area contributed by atoms with E-state index in [1.165, 1.54) is 6.20 Å². The summed E-state index contributed by atoms with van der Waals surface area (Å²) in [6.07, 6.45) is 12.1. The summed E-state index contributed by atoms with van der Waals surface area (Å²) in [5, 5.41) is 9.27. The van der Waals surface area contributed by atoms with Gasteiger partial charge in [0.2, 0.25) is 0 Å². The summed E-state index contributed by atoms with van der Waals surface area (Å²) in [5.74, 6) is 1.09. The molecule has 0 fully saturated rings. The molecular weight excluding hydrogens is 635 g/mol. The Balaban J connectivity index is 0.000000178. The lowest BCUT2D eigenvalue weighted by Crippen LogP contribution is -2.21. The maximum Gasteiger partial charge on any atom is 0.269 e. The maximum absolute atomic E-state index is 12.4. The van der Waals surface area contributed by atoms with Gasteiger partial charge in [0, 0.05) is 55.1 Å². The highest BCUT2D eigenvalue weighted by Gasteiger charge is 2.13. The average Bonchev–Trinajstić information content (AvgIpc) is 3.58. The van der Waals surface area contributed by atoms with Crippen LogP contribution in [0.5, 0.6) is 0 Å². The number of fused-ring (bicyclic) bond motifs is 2. The van der Waals surface area contributed by atoms with Crippen molar-refractivity contribution in [2.24, 2.45) is 11.8 Å². The highest BCUT2D eigenvalue weighted by atomic mass is 35.5. The zero-order chi connectivity index (χ0) is 32.2. The van der Waals surface area contributed by atoms with Crippen molar-refractivity contribution in [3.8, 4) is 22.5 Å². The molecule has 0 aliphatic carbocycles. The average molecular weight is 668 g/mol. The first-order valence-electron chi connectivity index (χ1n) is 14.6. The van der Waals surface area contributed by atoms with Crippen molar-refractivity contribution in [1.29, 1.82) is 0 Å². The first-order chi connectivity index (χ1) is 21.5. The van der Waals surface area contributed by atoms with Gasteiger partial charge in [-0.1, -0.05) is 62.5 Å². The van der Waals surface area contributed by atoms with Gasteiger partial charge in [0.25, 0.3) is 11.1 Å². The summed E-state index contributed by atoms with van der Waals surface area (Å²) in [5.41, 5.74) is 3.58. The Bertz CT molecular complexity index is 2080. The van der Waals surface area contributed by atoms with Crippen LogP contribution in [0.25, 0.3) is 33.8 Å². The lowest BCUT2D eigenvalue weighted by atomic mass is 10.1. The molecule has 6 aromatic heterocycles. The van der Waals surface area contributed by atoms with Gasteiger partial charge < -0.3 is 9.13 Å². The summed E-state index contributed by atoms with van der Waals surface area (Å²) in [6.45, 7) is 9.92. The Morgan fingerprint density at radius 2 is 1.22 bits per heavy atom. The number of hydrogen-bond acceptors (Lipinski definition) is 6. The van der Waals surface area contributed by atoms with Crippen LogP contribution in [-0.4, -0.2) is 38.3 Å². The molecule has 0 atom stereocenters. The molecular formula is C32H33Cl3N8O2. The lowest BCUT2D eigenvalue weighted by Gasteiger charge is -2.10. The smallest absolute Gasteiger partial charge is 0.269 e. The van der Waals surface area contributed by atoms with Gasteiger partial charge in [0.15, 0.2) is 11.3 Å². The lowest BCUT2D eigenvalue weighted by molar-refractivity contribution is 0.508. The number of aryl methyl sites for hydroxylation is 2. The predicted molar refractivity (Wildman–Crippen MR) is 179 cm³/mol. The van der Waals surface area contributed by atoms with Crippen molar-refractivity contribution >= 4 is 46.1 Å². The molecule has 0 N–H and O–H groups in total. The molecule has 45 heavy (non-hydrogen) atoms. The van der Waals surface area contributed by atoms with Crippen LogP contribution in [0, 0.1) is 11.8 Å². The third kappa shape index (κ3) is 7.46. The molecule has 0 unspecified atom stereocenters. The highest BCUT2D eigenvalue weighted by Crippen LogP contribution is 2.25. The Hall–Kier alpha value is -3.99. The van der Waals surface area contributed by atoms with Crippen LogP contribution in [0.3, 0.4) is 0 Å². The van der Waals surface area contributed by atoms with Crippen LogP contribution in [0.15, 0.2) is 77.1 Å². The first-order valence-corrected chi connectivity index (χ1v) is 15.7. The normalized spacial score (nSPS) is 11.5. The Labute approximate surface area is 274 Å². The van der Waals surface area contributed by atoms with E-state index in [2.05, 4.69) is 47.9 Å². The van der Waals surface area contributed by atoms with E-state index < -0.39 is 0 Å². The fourth-order valence-electron chi connectivity index (χ4n) is 4.56. The Kier molecular flexibility index (Phi) is 10.1. The molecule has 13 heteroatoms. The third-order valence-corrected chi connectivity index (χ3v) is 8.12.